The van der Waals surface area contributed by atoms with Gasteiger partial charge < -0.3 is 4.74 Å². The third-order valence-electron chi connectivity index (χ3n) is 5.94. The molecule has 3 aromatic rings. The molecule has 0 aliphatic rings. The number of hydrogen-bond donors (Lipinski definition) is 0. The van der Waals surface area contributed by atoms with Crippen molar-refractivity contribution in [3.05, 3.63) is 83.4 Å². The van der Waals surface area contributed by atoms with Crippen molar-refractivity contribution in [1.82, 2.24) is 0 Å². The number of rotatable bonds is 6. The fourth-order valence-electron chi connectivity index (χ4n) is 3.98. The highest BCUT2D eigenvalue weighted by molar-refractivity contribution is 7.99. The van der Waals surface area contributed by atoms with Crippen LogP contribution in [0.4, 0.5) is 5.69 Å². The third kappa shape index (κ3) is 6.13. The van der Waals surface area contributed by atoms with E-state index in [1.165, 1.54) is 26.6 Å². The lowest BCUT2D eigenvalue weighted by Gasteiger charge is -2.28. The Kier molecular flexibility index (Phi) is 7.98. The van der Waals surface area contributed by atoms with Crippen LogP contribution in [-0.2, 0) is 10.8 Å². The maximum Gasteiger partial charge on any atom is 0.219 e. The number of para-hydroxylation sites is 1. The van der Waals surface area contributed by atoms with Gasteiger partial charge in [-0.3, -0.25) is 0 Å². The molecule has 3 heteroatoms. The average Bonchev–Trinajstić information content (AvgIpc) is 2.76. The Morgan fingerprint density at radius 3 is 2.00 bits per heavy atom. The fraction of sp³-hybridized carbons (Fsp3) is 0.387. The minimum absolute atomic E-state index is 0.0288. The Labute approximate surface area is 211 Å². The molecule has 34 heavy (non-hydrogen) atoms. The first kappa shape index (κ1) is 26.1. The van der Waals surface area contributed by atoms with Crippen molar-refractivity contribution in [3.63, 3.8) is 0 Å². The van der Waals surface area contributed by atoms with Crippen LogP contribution < -0.4 is 4.74 Å². The Morgan fingerprint density at radius 1 is 0.824 bits per heavy atom. The zero-order valence-electron chi connectivity index (χ0n) is 22.3. The van der Waals surface area contributed by atoms with E-state index in [-0.39, 0.29) is 16.9 Å². The van der Waals surface area contributed by atoms with Gasteiger partial charge >= 0.3 is 0 Å². The first-order chi connectivity index (χ1) is 15.9. The normalized spacial score (nSPS) is 12.8. The maximum absolute atomic E-state index is 6.05. The van der Waals surface area contributed by atoms with Gasteiger partial charge in [-0.05, 0) is 54.5 Å². The predicted molar refractivity (Wildman–Crippen MR) is 148 cm³/mol. The van der Waals surface area contributed by atoms with E-state index >= 15 is 0 Å². The summed E-state index contributed by atoms with van der Waals surface area (Å²) in [5, 5.41) is 0. The van der Waals surface area contributed by atoms with Gasteiger partial charge in [0.05, 0.1) is 17.6 Å². The van der Waals surface area contributed by atoms with Crippen molar-refractivity contribution in [2.24, 2.45) is 0 Å². The van der Waals surface area contributed by atoms with Crippen molar-refractivity contribution in [2.45, 2.75) is 82.1 Å². The first-order valence-electron chi connectivity index (χ1n) is 12.1. The fourth-order valence-corrected chi connectivity index (χ4v) is 4.96. The van der Waals surface area contributed by atoms with E-state index < -0.39 is 0 Å². The molecule has 0 heterocycles. The van der Waals surface area contributed by atoms with E-state index in [4.69, 9.17) is 4.74 Å². The van der Waals surface area contributed by atoms with Crippen LogP contribution in [0.2, 0.25) is 0 Å². The first-order valence-corrected chi connectivity index (χ1v) is 12.9. The smallest absolute Gasteiger partial charge is 0.219 e. The van der Waals surface area contributed by atoms with Crippen LogP contribution in [-0.4, -0.2) is 23.9 Å². The maximum atomic E-state index is 6.05. The quantitative estimate of drug-likeness (QED) is 0.262. The molecule has 0 atom stereocenters. The molecular weight excluding hydrogens is 434 g/mol. The number of hydrogen-bond acceptors (Lipinski definition) is 2. The second kappa shape index (κ2) is 10.4. The average molecular weight is 475 g/mol. The molecule has 0 bridgehead atoms. The van der Waals surface area contributed by atoms with Gasteiger partial charge in [0.1, 0.15) is 5.75 Å². The summed E-state index contributed by atoms with van der Waals surface area (Å²) in [6.07, 6.45) is 2.28. The third-order valence-corrected chi connectivity index (χ3v) is 7.02. The minimum Gasteiger partial charge on any atom is -0.496 e. The topological polar surface area (TPSA) is 12.2 Å². The van der Waals surface area contributed by atoms with Crippen molar-refractivity contribution >= 4 is 23.7 Å². The lowest BCUT2D eigenvalue weighted by Crippen LogP contribution is -2.21. The van der Waals surface area contributed by atoms with E-state index in [9.17, 15) is 0 Å². The molecule has 0 amide bonds. The van der Waals surface area contributed by atoms with Gasteiger partial charge in [0, 0.05) is 16.5 Å². The summed E-state index contributed by atoms with van der Waals surface area (Å²) in [6.45, 7) is 18.1. The molecule has 0 radical (unpaired) electrons. The van der Waals surface area contributed by atoms with E-state index in [0.717, 1.165) is 11.3 Å². The molecule has 0 fully saturated rings. The Morgan fingerprint density at radius 2 is 1.44 bits per heavy atom. The summed E-state index contributed by atoms with van der Waals surface area (Å²) in [7, 11) is 1.79. The van der Waals surface area contributed by atoms with Gasteiger partial charge in [-0.25, -0.2) is 0 Å². The molecule has 0 saturated carbocycles. The Hall–Kier alpha value is -2.52. The molecule has 2 nitrogen and oxygen atoms in total. The van der Waals surface area contributed by atoms with Gasteiger partial charge in [-0.15, -0.1) is 0 Å². The van der Waals surface area contributed by atoms with Gasteiger partial charge in [0.2, 0.25) is 5.69 Å². The Balaban J connectivity index is 2.24. The van der Waals surface area contributed by atoms with Crippen LogP contribution in [0.25, 0.3) is 0 Å². The zero-order valence-corrected chi connectivity index (χ0v) is 23.1. The number of benzene rings is 3. The van der Waals surface area contributed by atoms with Crippen molar-refractivity contribution in [3.8, 4) is 5.75 Å². The number of nitrogens with zero attached hydrogens (tertiary/aromatic N) is 1. The second-order valence-corrected chi connectivity index (χ2v) is 12.3. The van der Waals surface area contributed by atoms with Crippen LogP contribution in [0.5, 0.6) is 5.75 Å². The summed E-state index contributed by atoms with van der Waals surface area (Å²) in [5.41, 5.74) is 4.89. The molecule has 0 N–H and O–H groups in total. The van der Waals surface area contributed by atoms with Crippen LogP contribution in [0.3, 0.4) is 0 Å². The van der Waals surface area contributed by atoms with Crippen molar-refractivity contribution in [2.75, 3.05) is 7.11 Å². The summed E-state index contributed by atoms with van der Waals surface area (Å²) in [4.78, 5) is 2.47. The highest BCUT2D eigenvalue weighted by Gasteiger charge is 2.27. The molecule has 0 spiro atoms. The molecule has 0 saturated heterocycles. The van der Waals surface area contributed by atoms with E-state index in [2.05, 4.69) is 133 Å². The van der Waals surface area contributed by atoms with Gasteiger partial charge in [0.15, 0.2) is 12.3 Å². The van der Waals surface area contributed by atoms with Gasteiger partial charge in [-0.1, -0.05) is 89.7 Å². The van der Waals surface area contributed by atoms with Crippen LogP contribution in [0, 0.1) is 0 Å². The molecular formula is C31H40NOS+. The lowest BCUT2D eigenvalue weighted by molar-refractivity contribution is -0.473. The second-order valence-electron chi connectivity index (χ2n) is 11.2. The molecule has 3 rings (SSSR count). The van der Waals surface area contributed by atoms with Crippen LogP contribution in [0.1, 0.15) is 72.1 Å². The lowest BCUT2D eigenvalue weighted by atomic mass is 9.79. The highest BCUT2D eigenvalue weighted by atomic mass is 32.2. The molecule has 0 aliphatic heterocycles. The number of methoxy groups -OCH3 is 1. The van der Waals surface area contributed by atoms with Crippen LogP contribution >= 0.6 is 11.8 Å². The van der Waals surface area contributed by atoms with E-state index in [0.29, 0.717) is 0 Å². The van der Waals surface area contributed by atoms with Crippen molar-refractivity contribution in [1.29, 1.82) is 0 Å². The molecule has 180 valence electrons. The van der Waals surface area contributed by atoms with E-state index in [1.54, 1.807) is 18.9 Å². The Bertz CT molecular complexity index is 1150. The monoisotopic (exact) mass is 474 g/mol. The summed E-state index contributed by atoms with van der Waals surface area (Å²) >= 11 is 1.80. The SMILES string of the molecule is COc1c(C=[N+](c2ccccc2Sc2ccccc2)C(C)C)cc(C(C)(C)C)cc1C(C)(C)C. The van der Waals surface area contributed by atoms with Gasteiger partial charge in [-0.2, -0.15) is 4.58 Å². The number of ether oxygens (including phenoxy) is 1. The minimum atomic E-state index is -0.0288. The highest BCUT2D eigenvalue weighted by Crippen LogP contribution is 2.39. The van der Waals surface area contributed by atoms with Gasteiger partial charge in [0.25, 0.3) is 0 Å². The van der Waals surface area contributed by atoms with Crippen molar-refractivity contribution < 1.29 is 9.31 Å². The largest absolute Gasteiger partial charge is 0.496 e. The summed E-state index contributed by atoms with van der Waals surface area (Å²) < 4.78 is 8.43. The predicted octanol–water partition coefficient (Wildman–Crippen LogP) is 8.61. The van der Waals surface area contributed by atoms with E-state index in [1.807, 2.05) is 0 Å². The molecule has 0 aromatic heterocycles. The summed E-state index contributed by atoms with van der Waals surface area (Å²) in [5.74, 6) is 0.958. The van der Waals surface area contributed by atoms with Crippen LogP contribution in [0.15, 0.2) is 76.5 Å². The molecule has 3 aromatic carbocycles. The molecule has 0 aliphatic carbocycles. The zero-order chi connectivity index (χ0) is 25.1. The summed E-state index contributed by atoms with van der Waals surface area (Å²) in [6, 6.07) is 24.1. The molecule has 0 unspecified atom stereocenters. The standard InChI is InChI=1S/C31H40NOS/c1-22(2)32(27-17-13-14-18-28(27)34-25-15-11-10-12-16-25)21-23-19-24(30(3,4)5)20-26(29(23)33-9)31(6,7)8/h10-22H,1-9H3/q+1.